The van der Waals surface area contributed by atoms with E-state index in [-0.39, 0.29) is 13.2 Å². The van der Waals surface area contributed by atoms with Gasteiger partial charge >= 0.3 is 6.09 Å². The largest absolute Gasteiger partial charge is 0.447 e. The fourth-order valence-electron chi connectivity index (χ4n) is 3.22. The van der Waals surface area contributed by atoms with Gasteiger partial charge in [0.05, 0.1) is 6.61 Å². The molecule has 1 aromatic rings. The summed E-state index contributed by atoms with van der Waals surface area (Å²) in [7, 11) is 0. The van der Waals surface area contributed by atoms with Gasteiger partial charge in [0.15, 0.2) is 0 Å². The minimum absolute atomic E-state index is 0.0913. The van der Waals surface area contributed by atoms with Gasteiger partial charge in [0, 0.05) is 3.57 Å². The number of amides is 1. The number of hydrogen-bond acceptors (Lipinski definition) is 3. The monoisotopic (exact) mass is 459 g/mol. The van der Waals surface area contributed by atoms with E-state index in [1.54, 1.807) is 0 Å². The quantitative estimate of drug-likeness (QED) is 0.376. The van der Waals surface area contributed by atoms with E-state index in [0.717, 1.165) is 12.8 Å². The summed E-state index contributed by atoms with van der Waals surface area (Å²) in [4.78, 5) is 11.3. The van der Waals surface area contributed by atoms with Crippen LogP contribution in [-0.2, 0) is 17.6 Å². The Labute approximate surface area is 164 Å². The Balaban J connectivity index is 1.79. The molecule has 0 saturated carbocycles. The van der Waals surface area contributed by atoms with Crippen LogP contribution in [0.25, 0.3) is 0 Å². The molecule has 5 heteroatoms. The molecule has 4 nitrogen and oxygen atoms in total. The third-order valence-electron chi connectivity index (χ3n) is 4.96. The van der Waals surface area contributed by atoms with E-state index in [2.05, 4.69) is 53.0 Å². The van der Waals surface area contributed by atoms with Crippen molar-refractivity contribution in [3.63, 3.8) is 0 Å². The number of aryl methyl sites for hydroxylation is 2. The molecule has 140 valence electrons. The summed E-state index contributed by atoms with van der Waals surface area (Å²) in [6.07, 6.45) is 10.2. The molecule has 1 fully saturated rings. The fraction of sp³-hybridized carbons (Fsp3) is 0.650. The van der Waals surface area contributed by atoms with Crippen LogP contribution in [0.4, 0.5) is 4.79 Å². The maximum atomic E-state index is 11.3. The van der Waals surface area contributed by atoms with Gasteiger partial charge in [-0.25, -0.2) is 4.79 Å². The summed E-state index contributed by atoms with van der Waals surface area (Å²) in [6.45, 7) is 2.40. The van der Waals surface area contributed by atoms with Crippen molar-refractivity contribution in [1.29, 1.82) is 0 Å². The molecule has 1 atom stereocenters. The Morgan fingerprint density at radius 1 is 1.20 bits per heavy atom. The van der Waals surface area contributed by atoms with Crippen LogP contribution < -0.4 is 5.32 Å². The number of aliphatic hydroxyl groups excluding tert-OH is 1. The van der Waals surface area contributed by atoms with Gasteiger partial charge in [-0.2, -0.15) is 0 Å². The summed E-state index contributed by atoms with van der Waals surface area (Å²) >= 11 is 2.42. The normalized spacial score (nSPS) is 19.7. The van der Waals surface area contributed by atoms with Gasteiger partial charge in [0.1, 0.15) is 12.1 Å². The smallest absolute Gasteiger partial charge is 0.407 e. The number of carbonyl (C=O) groups is 1. The zero-order valence-electron chi connectivity index (χ0n) is 15.2. The van der Waals surface area contributed by atoms with E-state index in [4.69, 9.17) is 4.74 Å². The molecule has 1 aliphatic rings. The highest BCUT2D eigenvalue weighted by Crippen LogP contribution is 2.23. The van der Waals surface area contributed by atoms with Crippen LogP contribution in [0.1, 0.15) is 63.0 Å². The maximum Gasteiger partial charge on any atom is 0.407 e. The molecule has 0 aliphatic carbocycles. The summed E-state index contributed by atoms with van der Waals surface area (Å²) < 4.78 is 6.27. The maximum absolute atomic E-state index is 11.3. The first-order valence-electron chi connectivity index (χ1n) is 9.42. The van der Waals surface area contributed by atoms with Crippen LogP contribution in [0.2, 0.25) is 0 Å². The second-order valence-corrected chi connectivity index (χ2v) is 8.25. The Morgan fingerprint density at radius 2 is 1.96 bits per heavy atom. The summed E-state index contributed by atoms with van der Waals surface area (Å²) in [5.74, 6) is 0. The highest BCUT2D eigenvalue weighted by atomic mass is 127. The second kappa shape index (κ2) is 10.4. The SMILES string of the molecule is CCCCCCCCc1ccc(CC[C@@]2(CO)COC(=O)N2)cc1I. The third kappa shape index (κ3) is 6.44. The summed E-state index contributed by atoms with van der Waals surface area (Å²) in [5.41, 5.74) is 2.04. The van der Waals surface area contributed by atoms with Crippen LogP contribution in [-0.4, -0.2) is 30.0 Å². The number of nitrogens with one attached hydrogen (secondary N) is 1. The van der Waals surface area contributed by atoms with Gasteiger partial charge < -0.3 is 15.2 Å². The molecule has 0 unspecified atom stereocenters. The Kier molecular flexibility index (Phi) is 8.49. The number of halogens is 1. The lowest BCUT2D eigenvalue weighted by atomic mass is 9.93. The summed E-state index contributed by atoms with van der Waals surface area (Å²) in [6, 6.07) is 6.64. The number of carbonyl (C=O) groups excluding carboxylic acids is 1. The van der Waals surface area contributed by atoms with Crippen LogP contribution in [0, 0.1) is 3.57 Å². The molecule has 1 aromatic carbocycles. The van der Waals surface area contributed by atoms with Crippen molar-refractivity contribution in [2.45, 2.75) is 70.3 Å². The number of benzene rings is 1. The van der Waals surface area contributed by atoms with E-state index < -0.39 is 11.6 Å². The number of aliphatic hydroxyl groups is 1. The number of cyclic esters (lactones) is 1. The average Bonchev–Trinajstić information content (AvgIpc) is 2.99. The van der Waals surface area contributed by atoms with E-state index in [1.807, 2.05) is 0 Å². The average molecular weight is 459 g/mol. The molecule has 0 bridgehead atoms. The molecule has 2 rings (SSSR count). The van der Waals surface area contributed by atoms with Gasteiger partial charge in [-0.05, 0) is 65.5 Å². The molecule has 2 N–H and O–H groups in total. The van der Waals surface area contributed by atoms with Gasteiger partial charge in [-0.1, -0.05) is 51.2 Å². The van der Waals surface area contributed by atoms with E-state index in [0.29, 0.717) is 6.42 Å². The first-order valence-corrected chi connectivity index (χ1v) is 10.5. The van der Waals surface area contributed by atoms with Crippen molar-refractivity contribution in [2.75, 3.05) is 13.2 Å². The van der Waals surface area contributed by atoms with Crippen LogP contribution in [0.3, 0.4) is 0 Å². The molecule has 0 radical (unpaired) electrons. The lowest BCUT2D eigenvalue weighted by Crippen LogP contribution is -2.47. The standard InChI is InChI=1S/C20H30INO3/c1-2-3-4-5-6-7-8-17-10-9-16(13-18(17)21)11-12-20(14-23)15-25-19(24)22-20/h9-10,13,23H,2-8,11-12,14-15H2,1H3,(H,22,24)/t20-/m1/s1. The second-order valence-electron chi connectivity index (χ2n) is 7.08. The van der Waals surface area contributed by atoms with Crippen molar-refractivity contribution < 1.29 is 14.6 Å². The Hall–Kier alpha value is -0.820. The van der Waals surface area contributed by atoms with Crippen LogP contribution in [0.15, 0.2) is 18.2 Å². The van der Waals surface area contributed by atoms with E-state index >= 15 is 0 Å². The third-order valence-corrected chi connectivity index (χ3v) is 5.96. The minimum atomic E-state index is -0.625. The van der Waals surface area contributed by atoms with Crippen molar-refractivity contribution in [2.24, 2.45) is 0 Å². The molecule has 0 spiro atoms. The topological polar surface area (TPSA) is 58.6 Å². The van der Waals surface area contributed by atoms with Gasteiger partial charge in [-0.3, -0.25) is 0 Å². The Bertz CT molecular complexity index is 564. The minimum Gasteiger partial charge on any atom is -0.447 e. The van der Waals surface area contributed by atoms with Gasteiger partial charge in [0.25, 0.3) is 0 Å². The van der Waals surface area contributed by atoms with Crippen molar-refractivity contribution in [1.82, 2.24) is 5.32 Å². The number of unbranched alkanes of at least 4 members (excludes halogenated alkanes) is 5. The predicted molar refractivity (Wildman–Crippen MR) is 109 cm³/mol. The van der Waals surface area contributed by atoms with E-state index in [9.17, 15) is 9.90 Å². The molecule has 1 amide bonds. The van der Waals surface area contributed by atoms with Crippen molar-refractivity contribution >= 4 is 28.7 Å². The molecule has 1 heterocycles. The first-order chi connectivity index (χ1) is 12.1. The highest BCUT2D eigenvalue weighted by Gasteiger charge is 2.38. The number of rotatable bonds is 11. The highest BCUT2D eigenvalue weighted by molar-refractivity contribution is 14.1. The van der Waals surface area contributed by atoms with E-state index in [1.165, 1.54) is 53.2 Å². The molecular weight excluding hydrogens is 429 g/mol. The lowest BCUT2D eigenvalue weighted by Gasteiger charge is -2.23. The van der Waals surface area contributed by atoms with Crippen LogP contribution >= 0.6 is 22.6 Å². The molecule has 25 heavy (non-hydrogen) atoms. The zero-order chi connectivity index (χ0) is 18.1. The predicted octanol–water partition coefficient (Wildman–Crippen LogP) is 4.60. The van der Waals surface area contributed by atoms with Gasteiger partial charge in [0.2, 0.25) is 0 Å². The number of hydrogen-bond donors (Lipinski definition) is 2. The lowest BCUT2D eigenvalue weighted by molar-refractivity contribution is 0.140. The molecular formula is C20H30INO3. The first kappa shape index (κ1) is 20.5. The molecule has 0 aromatic heterocycles. The summed E-state index contributed by atoms with van der Waals surface area (Å²) in [5, 5.41) is 12.3. The van der Waals surface area contributed by atoms with Crippen LogP contribution in [0.5, 0.6) is 0 Å². The Morgan fingerprint density at radius 3 is 2.60 bits per heavy atom. The molecule has 1 saturated heterocycles. The van der Waals surface area contributed by atoms with Crippen molar-refractivity contribution in [3.05, 3.63) is 32.9 Å². The molecule has 1 aliphatic heterocycles. The zero-order valence-corrected chi connectivity index (χ0v) is 17.3. The van der Waals surface area contributed by atoms with Gasteiger partial charge in [-0.15, -0.1) is 0 Å². The number of ether oxygens (including phenoxy) is 1. The van der Waals surface area contributed by atoms with Crippen molar-refractivity contribution in [3.8, 4) is 0 Å². The fourth-order valence-corrected chi connectivity index (χ4v) is 4.07. The number of alkyl carbamates (subject to hydrolysis) is 1.